The Labute approximate surface area is 343 Å². The molecule has 3 heterocycles. The van der Waals surface area contributed by atoms with Crippen molar-refractivity contribution in [2.75, 3.05) is 6.54 Å². The minimum atomic E-state index is -0.236. The summed E-state index contributed by atoms with van der Waals surface area (Å²) in [6.07, 6.45) is 6.42. The average molecular weight is 758 g/mol. The fourth-order valence-corrected chi connectivity index (χ4v) is 8.88. The minimum Gasteiger partial charge on any atom is -0.387 e. The first-order valence-electron chi connectivity index (χ1n) is 20.2. The summed E-state index contributed by atoms with van der Waals surface area (Å²) in [4.78, 5) is 20.2. The van der Waals surface area contributed by atoms with Crippen LogP contribution in [-0.4, -0.2) is 26.5 Å². The molecule has 0 spiro atoms. The van der Waals surface area contributed by atoms with E-state index in [0.717, 1.165) is 45.4 Å². The maximum atomic E-state index is 5.21. The van der Waals surface area contributed by atoms with Crippen molar-refractivity contribution in [3.05, 3.63) is 199 Å². The van der Waals surface area contributed by atoms with Crippen LogP contribution in [0.15, 0.2) is 182 Å². The summed E-state index contributed by atoms with van der Waals surface area (Å²) in [7, 11) is 0. The molecule has 0 radical (unpaired) electrons. The maximum Gasteiger partial charge on any atom is 0.164 e. The van der Waals surface area contributed by atoms with Crippen molar-refractivity contribution >= 4 is 27.2 Å². The maximum absolute atomic E-state index is 5.21. The van der Waals surface area contributed by atoms with Crippen LogP contribution in [0.1, 0.15) is 30.5 Å². The third kappa shape index (κ3) is 6.02. The van der Waals surface area contributed by atoms with Gasteiger partial charge in [0.05, 0.1) is 11.2 Å². The lowest BCUT2D eigenvalue weighted by Crippen LogP contribution is -2.15. The first kappa shape index (κ1) is 34.7. The van der Waals surface area contributed by atoms with Crippen molar-refractivity contribution in [2.45, 2.75) is 19.3 Å². The summed E-state index contributed by atoms with van der Waals surface area (Å²) in [5.74, 6) is 1.99. The van der Waals surface area contributed by atoms with Gasteiger partial charge in [-0.05, 0) is 97.9 Å². The lowest BCUT2D eigenvalue weighted by molar-refractivity contribution is 0.661. The molecular weight excluding hydrogens is 719 g/mol. The lowest BCUT2D eigenvalue weighted by Gasteiger charge is -2.22. The van der Waals surface area contributed by atoms with Gasteiger partial charge < -0.3 is 5.32 Å². The van der Waals surface area contributed by atoms with Gasteiger partial charge in [-0.1, -0.05) is 153 Å². The highest BCUT2D eigenvalue weighted by molar-refractivity contribution is 6.04. The van der Waals surface area contributed by atoms with Gasteiger partial charge >= 0.3 is 0 Å². The van der Waals surface area contributed by atoms with Crippen LogP contribution in [0, 0.1) is 0 Å². The zero-order valence-corrected chi connectivity index (χ0v) is 32.8. The molecule has 11 rings (SSSR count). The minimum absolute atomic E-state index is 0.236. The predicted octanol–water partition coefficient (Wildman–Crippen LogP) is 12.7. The van der Waals surface area contributed by atoms with Crippen LogP contribution in [0.2, 0.25) is 0 Å². The Hall–Kier alpha value is -7.50. The normalized spacial score (nSPS) is 13.8. The molecule has 2 aromatic heterocycles. The second kappa shape index (κ2) is 13.9. The Balaban J connectivity index is 0.924. The summed E-state index contributed by atoms with van der Waals surface area (Å²) >= 11 is 0. The summed E-state index contributed by atoms with van der Waals surface area (Å²) in [5, 5.41) is 6.82. The van der Waals surface area contributed by atoms with E-state index in [2.05, 4.69) is 134 Å². The molecule has 59 heavy (non-hydrogen) atoms. The van der Waals surface area contributed by atoms with Crippen LogP contribution >= 0.6 is 0 Å². The second-order valence-electron chi connectivity index (χ2n) is 15.9. The van der Waals surface area contributed by atoms with Gasteiger partial charge in [0.1, 0.15) is 0 Å². The predicted molar refractivity (Wildman–Crippen MR) is 242 cm³/mol. The fourth-order valence-electron chi connectivity index (χ4n) is 8.88. The highest BCUT2D eigenvalue weighted by Crippen LogP contribution is 2.50. The van der Waals surface area contributed by atoms with Crippen molar-refractivity contribution in [3.8, 4) is 67.7 Å². The van der Waals surface area contributed by atoms with Gasteiger partial charge in [0.25, 0.3) is 0 Å². The number of fused-ring (bicyclic) bond motifs is 5. The number of benzene rings is 7. The molecule has 2 aliphatic rings. The number of nitrogens with one attached hydrogen (secondary N) is 1. The standard InChI is InChI=1S/C54H39N5/c1-54(2)47-32-38(37-19-25-49-39(31-37)20-26-50(56-49)46-24-23-41(34-27-29-55-30-28-34)42-15-9-10-16-43(42)46)17-21-44(47)45-22-18-40(33-48(45)54)53-58-51(35-11-5-3-6-12-35)57-52(59-53)36-13-7-4-8-14-36/h3-29,31-33,55H,30H2,1-2H3. The van der Waals surface area contributed by atoms with E-state index in [4.69, 9.17) is 19.9 Å². The van der Waals surface area contributed by atoms with Gasteiger partial charge in [0.2, 0.25) is 0 Å². The largest absolute Gasteiger partial charge is 0.387 e. The van der Waals surface area contributed by atoms with E-state index >= 15 is 0 Å². The summed E-state index contributed by atoms with van der Waals surface area (Å²) in [6, 6.07) is 58.0. The quantitative estimate of drug-likeness (QED) is 0.183. The van der Waals surface area contributed by atoms with Crippen molar-refractivity contribution in [2.24, 2.45) is 0 Å². The number of pyridine rings is 1. The van der Waals surface area contributed by atoms with E-state index in [1.54, 1.807) is 0 Å². The van der Waals surface area contributed by atoms with Gasteiger partial charge in [0, 0.05) is 39.6 Å². The number of dihydropyridines is 1. The molecule has 1 aliphatic carbocycles. The molecule has 280 valence electrons. The van der Waals surface area contributed by atoms with Gasteiger partial charge in [-0.2, -0.15) is 0 Å². The number of hydrogen-bond acceptors (Lipinski definition) is 5. The molecule has 0 bridgehead atoms. The Bertz CT molecular complexity index is 3120. The number of allylic oxidation sites excluding steroid dienone is 2. The van der Waals surface area contributed by atoms with E-state index in [0.29, 0.717) is 17.5 Å². The SMILES string of the molecule is CC1(C)c2cc(-c3ccc4nc(-c5ccc(C6=CCNC=C6)c6ccccc56)ccc4c3)ccc2-c2ccc(-c3nc(-c4ccccc4)nc(-c4ccccc4)n3)cc21. The molecule has 0 atom stereocenters. The lowest BCUT2D eigenvalue weighted by atomic mass is 9.81. The van der Waals surface area contributed by atoms with Gasteiger partial charge in [-0.25, -0.2) is 19.9 Å². The Morgan fingerprint density at radius 1 is 0.458 bits per heavy atom. The third-order valence-electron chi connectivity index (χ3n) is 12.0. The Morgan fingerprint density at radius 3 is 1.66 bits per heavy atom. The summed E-state index contributed by atoms with van der Waals surface area (Å²) < 4.78 is 0. The molecule has 1 aliphatic heterocycles. The zero-order chi connectivity index (χ0) is 39.5. The molecule has 9 aromatic rings. The smallest absolute Gasteiger partial charge is 0.164 e. The molecule has 0 saturated heterocycles. The third-order valence-corrected chi connectivity index (χ3v) is 12.0. The fraction of sp³-hybridized carbons (Fsp3) is 0.0741. The van der Waals surface area contributed by atoms with Crippen LogP contribution in [0.25, 0.3) is 94.9 Å². The second-order valence-corrected chi connectivity index (χ2v) is 15.9. The molecule has 0 saturated carbocycles. The number of hydrogen-bond donors (Lipinski definition) is 1. The van der Waals surface area contributed by atoms with Crippen molar-refractivity contribution in [1.82, 2.24) is 25.3 Å². The van der Waals surface area contributed by atoms with Crippen LogP contribution in [0.5, 0.6) is 0 Å². The Morgan fingerprint density at radius 2 is 1.00 bits per heavy atom. The van der Waals surface area contributed by atoms with E-state index in [-0.39, 0.29) is 5.41 Å². The molecule has 1 N–H and O–H groups in total. The average Bonchev–Trinajstić information content (AvgIpc) is 3.53. The zero-order valence-electron chi connectivity index (χ0n) is 32.8. The van der Waals surface area contributed by atoms with E-state index in [1.165, 1.54) is 55.3 Å². The summed E-state index contributed by atoms with van der Waals surface area (Å²) in [5.41, 5.74) is 15.7. The van der Waals surface area contributed by atoms with Crippen molar-refractivity contribution in [1.29, 1.82) is 0 Å². The van der Waals surface area contributed by atoms with Crippen molar-refractivity contribution < 1.29 is 0 Å². The highest BCUT2D eigenvalue weighted by atomic mass is 15.0. The summed E-state index contributed by atoms with van der Waals surface area (Å²) in [6.45, 7) is 5.49. The van der Waals surface area contributed by atoms with Gasteiger partial charge in [-0.3, -0.25) is 0 Å². The van der Waals surface area contributed by atoms with Gasteiger partial charge in [0.15, 0.2) is 17.5 Å². The van der Waals surface area contributed by atoms with Crippen LogP contribution in [-0.2, 0) is 5.41 Å². The first-order chi connectivity index (χ1) is 29.0. The first-order valence-corrected chi connectivity index (χ1v) is 20.2. The van der Waals surface area contributed by atoms with E-state index < -0.39 is 0 Å². The molecular formula is C54H39N5. The Kier molecular flexibility index (Phi) is 8.16. The molecule has 0 fully saturated rings. The van der Waals surface area contributed by atoms with E-state index in [1.807, 2.05) is 66.9 Å². The molecule has 7 aromatic carbocycles. The molecule has 0 amide bonds. The molecule has 0 unspecified atom stereocenters. The van der Waals surface area contributed by atoms with Crippen LogP contribution in [0.3, 0.4) is 0 Å². The van der Waals surface area contributed by atoms with Crippen molar-refractivity contribution in [3.63, 3.8) is 0 Å². The number of rotatable bonds is 6. The highest BCUT2D eigenvalue weighted by Gasteiger charge is 2.36. The van der Waals surface area contributed by atoms with Gasteiger partial charge in [-0.15, -0.1) is 0 Å². The number of aromatic nitrogens is 4. The number of nitrogens with zero attached hydrogens (tertiary/aromatic N) is 4. The van der Waals surface area contributed by atoms with E-state index in [9.17, 15) is 0 Å². The van der Waals surface area contributed by atoms with Crippen LogP contribution < -0.4 is 5.32 Å². The topological polar surface area (TPSA) is 63.6 Å². The molecule has 5 nitrogen and oxygen atoms in total. The molecule has 5 heteroatoms. The van der Waals surface area contributed by atoms with Crippen LogP contribution in [0.4, 0.5) is 0 Å². The monoisotopic (exact) mass is 757 g/mol.